The Morgan fingerprint density at radius 2 is 1.71 bits per heavy atom. The molecule has 2 aromatic rings. The quantitative estimate of drug-likeness (QED) is 0.853. The third-order valence-corrected chi connectivity index (χ3v) is 4.62. The average molecular weight is 345 g/mol. The normalized spacial score (nSPS) is 15.3. The summed E-state index contributed by atoms with van der Waals surface area (Å²) < 4.78 is 5.89. The fraction of sp³-hybridized carbons (Fsp3) is 0.316. The molecule has 1 heterocycles. The summed E-state index contributed by atoms with van der Waals surface area (Å²) in [5, 5.41) is 0.667. The molecule has 3 rings (SSSR count). The minimum Gasteiger partial charge on any atom is -0.488 e. The van der Waals surface area contributed by atoms with E-state index in [2.05, 4.69) is 11.9 Å². The maximum atomic E-state index is 12.8. The van der Waals surface area contributed by atoms with Gasteiger partial charge >= 0.3 is 0 Å². The molecule has 126 valence electrons. The van der Waals surface area contributed by atoms with Gasteiger partial charge in [0.2, 0.25) is 0 Å². The van der Waals surface area contributed by atoms with E-state index in [1.54, 1.807) is 0 Å². The molecule has 0 unspecified atom stereocenters. The highest BCUT2D eigenvalue weighted by atomic mass is 35.5. The van der Waals surface area contributed by atoms with Crippen molar-refractivity contribution in [3.63, 3.8) is 0 Å². The Labute approximate surface area is 147 Å². The van der Waals surface area contributed by atoms with Crippen LogP contribution >= 0.6 is 11.6 Å². The molecule has 0 atom stereocenters. The standard InChI is InChI=1S/C19H21ClN2O2/c1-21-10-12-22(13-11-21)19(23)16-7-3-5-9-18(16)24-14-15-6-2-4-8-17(15)20/h2-9H,10-14H2,1H3. The second-order valence-electron chi connectivity index (χ2n) is 5.97. The van der Waals surface area contributed by atoms with Crippen LogP contribution in [0.4, 0.5) is 0 Å². The molecule has 0 bridgehead atoms. The lowest BCUT2D eigenvalue weighted by Gasteiger charge is -2.32. The van der Waals surface area contributed by atoms with Crippen LogP contribution in [0.2, 0.25) is 5.02 Å². The Morgan fingerprint density at radius 1 is 1.04 bits per heavy atom. The number of amides is 1. The van der Waals surface area contributed by atoms with E-state index < -0.39 is 0 Å². The smallest absolute Gasteiger partial charge is 0.257 e. The van der Waals surface area contributed by atoms with E-state index in [4.69, 9.17) is 16.3 Å². The summed E-state index contributed by atoms with van der Waals surface area (Å²) in [6.07, 6.45) is 0. The number of nitrogens with zero attached hydrogens (tertiary/aromatic N) is 2. The molecule has 1 fully saturated rings. The number of carbonyl (C=O) groups excluding carboxylic acids is 1. The van der Waals surface area contributed by atoms with Crippen LogP contribution < -0.4 is 4.74 Å². The van der Waals surface area contributed by atoms with E-state index in [0.717, 1.165) is 31.7 Å². The summed E-state index contributed by atoms with van der Waals surface area (Å²) in [7, 11) is 2.07. The second kappa shape index (κ2) is 7.69. The van der Waals surface area contributed by atoms with E-state index in [9.17, 15) is 4.79 Å². The molecular formula is C19H21ClN2O2. The molecule has 1 aliphatic heterocycles. The molecule has 0 saturated carbocycles. The first-order valence-corrected chi connectivity index (χ1v) is 8.46. The third-order valence-electron chi connectivity index (χ3n) is 4.25. The van der Waals surface area contributed by atoms with Crippen LogP contribution in [-0.4, -0.2) is 48.9 Å². The zero-order valence-corrected chi connectivity index (χ0v) is 14.5. The van der Waals surface area contributed by atoms with Gasteiger partial charge in [-0.25, -0.2) is 0 Å². The molecule has 0 aliphatic carbocycles. The molecule has 5 heteroatoms. The predicted molar refractivity (Wildman–Crippen MR) is 95.6 cm³/mol. The number of carbonyl (C=O) groups is 1. The zero-order valence-electron chi connectivity index (χ0n) is 13.7. The van der Waals surface area contributed by atoms with Crippen LogP contribution in [0, 0.1) is 0 Å². The summed E-state index contributed by atoms with van der Waals surface area (Å²) in [5.74, 6) is 0.624. The van der Waals surface area contributed by atoms with Crippen LogP contribution in [-0.2, 0) is 6.61 Å². The number of piperazine rings is 1. The molecular weight excluding hydrogens is 324 g/mol. The van der Waals surface area contributed by atoms with Gasteiger partial charge in [-0.1, -0.05) is 41.9 Å². The molecule has 0 spiro atoms. The number of para-hydroxylation sites is 1. The highest BCUT2D eigenvalue weighted by Crippen LogP contribution is 2.23. The first-order chi connectivity index (χ1) is 11.6. The van der Waals surface area contributed by atoms with E-state index >= 15 is 0 Å². The number of benzene rings is 2. The molecule has 0 N–H and O–H groups in total. The molecule has 1 amide bonds. The number of hydrogen-bond acceptors (Lipinski definition) is 3. The average Bonchev–Trinajstić information content (AvgIpc) is 2.61. The molecule has 0 aromatic heterocycles. The van der Waals surface area contributed by atoms with Gasteiger partial charge in [0, 0.05) is 36.8 Å². The second-order valence-corrected chi connectivity index (χ2v) is 6.38. The van der Waals surface area contributed by atoms with Gasteiger partial charge in [-0.3, -0.25) is 4.79 Å². The van der Waals surface area contributed by atoms with E-state index in [0.29, 0.717) is 22.9 Å². The van der Waals surface area contributed by atoms with Gasteiger partial charge in [-0.2, -0.15) is 0 Å². The molecule has 24 heavy (non-hydrogen) atoms. The van der Waals surface area contributed by atoms with Crippen molar-refractivity contribution in [3.8, 4) is 5.75 Å². The van der Waals surface area contributed by atoms with E-state index in [-0.39, 0.29) is 5.91 Å². The monoisotopic (exact) mass is 344 g/mol. The van der Waals surface area contributed by atoms with Crippen LogP contribution in [0.25, 0.3) is 0 Å². The van der Waals surface area contributed by atoms with Crippen molar-refractivity contribution in [2.45, 2.75) is 6.61 Å². The summed E-state index contributed by atoms with van der Waals surface area (Å²) in [6.45, 7) is 3.62. The number of likely N-dealkylation sites (N-methyl/N-ethyl adjacent to an activating group) is 1. The highest BCUT2D eigenvalue weighted by molar-refractivity contribution is 6.31. The minimum absolute atomic E-state index is 0.0258. The van der Waals surface area contributed by atoms with Crippen molar-refractivity contribution >= 4 is 17.5 Å². The van der Waals surface area contributed by atoms with Gasteiger partial charge in [-0.05, 0) is 25.2 Å². The maximum absolute atomic E-state index is 12.8. The predicted octanol–water partition coefficient (Wildman–Crippen LogP) is 3.31. The maximum Gasteiger partial charge on any atom is 0.257 e. The Hall–Kier alpha value is -2.04. The summed E-state index contributed by atoms with van der Waals surface area (Å²) in [4.78, 5) is 16.9. The lowest BCUT2D eigenvalue weighted by molar-refractivity contribution is 0.0659. The fourth-order valence-electron chi connectivity index (χ4n) is 2.72. The summed E-state index contributed by atoms with van der Waals surface area (Å²) in [6, 6.07) is 15.0. The lowest BCUT2D eigenvalue weighted by Crippen LogP contribution is -2.47. The summed E-state index contributed by atoms with van der Waals surface area (Å²) >= 11 is 6.17. The van der Waals surface area contributed by atoms with Crippen molar-refractivity contribution < 1.29 is 9.53 Å². The van der Waals surface area contributed by atoms with Crippen molar-refractivity contribution in [1.29, 1.82) is 0 Å². The van der Waals surface area contributed by atoms with Crippen LogP contribution in [0.15, 0.2) is 48.5 Å². The van der Waals surface area contributed by atoms with Gasteiger partial charge in [0.1, 0.15) is 12.4 Å². The van der Waals surface area contributed by atoms with Gasteiger partial charge in [-0.15, -0.1) is 0 Å². The van der Waals surface area contributed by atoms with Crippen molar-refractivity contribution in [3.05, 3.63) is 64.7 Å². The highest BCUT2D eigenvalue weighted by Gasteiger charge is 2.22. The third kappa shape index (κ3) is 3.89. The molecule has 4 nitrogen and oxygen atoms in total. The Kier molecular flexibility index (Phi) is 5.38. The van der Waals surface area contributed by atoms with Gasteiger partial charge in [0.15, 0.2) is 0 Å². The van der Waals surface area contributed by atoms with Crippen LogP contribution in [0.1, 0.15) is 15.9 Å². The first-order valence-electron chi connectivity index (χ1n) is 8.08. The van der Waals surface area contributed by atoms with Crippen molar-refractivity contribution in [1.82, 2.24) is 9.80 Å². The molecule has 1 saturated heterocycles. The number of ether oxygens (including phenoxy) is 1. The van der Waals surface area contributed by atoms with Crippen LogP contribution in [0.3, 0.4) is 0 Å². The zero-order chi connectivity index (χ0) is 16.9. The van der Waals surface area contributed by atoms with E-state index in [1.807, 2.05) is 53.4 Å². The topological polar surface area (TPSA) is 32.8 Å². The fourth-order valence-corrected chi connectivity index (χ4v) is 2.91. The molecule has 0 radical (unpaired) electrons. The van der Waals surface area contributed by atoms with Crippen molar-refractivity contribution in [2.24, 2.45) is 0 Å². The van der Waals surface area contributed by atoms with Crippen molar-refractivity contribution in [2.75, 3.05) is 33.2 Å². The first kappa shape index (κ1) is 16.8. The van der Waals surface area contributed by atoms with Gasteiger partial charge in [0.25, 0.3) is 5.91 Å². The largest absolute Gasteiger partial charge is 0.488 e. The Bertz CT molecular complexity index is 712. The Balaban J connectivity index is 1.73. The minimum atomic E-state index is 0.0258. The molecule has 1 aliphatic rings. The van der Waals surface area contributed by atoms with Crippen LogP contribution in [0.5, 0.6) is 5.75 Å². The van der Waals surface area contributed by atoms with Gasteiger partial charge in [0.05, 0.1) is 5.56 Å². The van der Waals surface area contributed by atoms with E-state index in [1.165, 1.54) is 0 Å². The Morgan fingerprint density at radius 3 is 2.46 bits per heavy atom. The number of rotatable bonds is 4. The SMILES string of the molecule is CN1CCN(C(=O)c2ccccc2OCc2ccccc2Cl)CC1. The molecule has 2 aromatic carbocycles. The number of halogens is 1. The number of hydrogen-bond donors (Lipinski definition) is 0. The van der Waals surface area contributed by atoms with Gasteiger partial charge < -0.3 is 14.5 Å². The summed E-state index contributed by atoms with van der Waals surface area (Å²) in [5.41, 5.74) is 1.51. The lowest BCUT2D eigenvalue weighted by atomic mass is 10.1.